The molecule has 3 rings (SSSR count). The molecule has 2 aromatic rings. The van der Waals surface area contributed by atoms with Gasteiger partial charge in [-0.2, -0.15) is 0 Å². The van der Waals surface area contributed by atoms with Crippen molar-refractivity contribution in [3.05, 3.63) is 36.0 Å². The summed E-state index contributed by atoms with van der Waals surface area (Å²) in [5.74, 6) is -0.00600. The minimum absolute atomic E-state index is 0.0128. The lowest BCUT2D eigenvalue weighted by molar-refractivity contribution is -0.130. The van der Waals surface area contributed by atoms with Crippen LogP contribution in [0.5, 0.6) is 0 Å². The Hall–Kier alpha value is -2.34. The van der Waals surface area contributed by atoms with Crippen LogP contribution in [-0.4, -0.2) is 55.6 Å². The predicted octanol–water partition coefficient (Wildman–Crippen LogP) is 1.96. The molecule has 1 aromatic carbocycles. The monoisotopic (exact) mass is 357 g/mol. The van der Waals surface area contributed by atoms with E-state index in [0.29, 0.717) is 26.1 Å². The van der Waals surface area contributed by atoms with E-state index < -0.39 is 0 Å². The lowest BCUT2D eigenvalue weighted by atomic mass is 9.96. The van der Waals surface area contributed by atoms with Crippen LogP contribution >= 0.6 is 0 Å². The molecular weight excluding hydrogens is 330 g/mol. The van der Waals surface area contributed by atoms with E-state index in [9.17, 15) is 9.59 Å². The molecule has 0 unspecified atom stereocenters. The molecule has 6 heteroatoms. The van der Waals surface area contributed by atoms with E-state index in [4.69, 9.17) is 4.74 Å². The largest absolute Gasteiger partial charge is 0.384 e. The number of hydrogen-bond acceptors (Lipinski definition) is 3. The zero-order valence-electron chi connectivity index (χ0n) is 15.5. The van der Waals surface area contributed by atoms with Gasteiger partial charge in [-0.25, -0.2) is 0 Å². The highest BCUT2D eigenvalue weighted by Crippen LogP contribution is 2.25. The van der Waals surface area contributed by atoms with Crippen LogP contribution in [0.15, 0.2) is 30.5 Å². The minimum Gasteiger partial charge on any atom is -0.384 e. The molecule has 2 atom stereocenters. The number of fused-ring (bicyclic) bond motifs is 1. The molecule has 0 saturated carbocycles. The number of ether oxygens (including phenoxy) is 1. The van der Waals surface area contributed by atoms with Crippen molar-refractivity contribution >= 4 is 22.7 Å². The summed E-state index contributed by atoms with van der Waals surface area (Å²) in [6.07, 6.45) is 4.20. The minimum atomic E-state index is -0.183. The third-order valence-corrected chi connectivity index (χ3v) is 5.27. The van der Waals surface area contributed by atoms with Crippen LogP contribution in [0, 0.1) is 11.8 Å². The summed E-state index contributed by atoms with van der Waals surface area (Å²) in [6.45, 7) is 1.58. The Labute approximate surface area is 153 Å². The summed E-state index contributed by atoms with van der Waals surface area (Å²) in [5, 5.41) is 3.92. The van der Waals surface area contributed by atoms with Crippen LogP contribution in [0.2, 0.25) is 0 Å². The topological polar surface area (TPSA) is 74.4 Å². The standard InChI is InChI=1S/C20H27N3O3/c1-21-20(25)17-12-23(11-15(17)13-26-2)19(24)9-5-6-14-10-22-18-8-4-3-7-16(14)18/h3-4,7-8,10,15,17,22H,5-6,9,11-13H2,1-2H3,(H,21,25)/t15-,17+/m0/s1. The third kappa shape index (κ3) is 3.90. The second kappa shape index (κ2) is 8.36. The molecule has 2 N–H and O–H groups in total. The van der Waals surface area contributed by atoms with Gasteiger partial charge in [0.2, 0.25) is 11.8 Å². The van der Waals surface area contributed by atoms with Crippen LogP contribution in [0.3, 0.4) is 0 Å². The maximum atomic E-state index is 12.6. The zero-order chi connectivity index (χ0) is 18.5. The number of H-pyrrole nitrogens is 1. The fraction of sp³-hybridized carbons (Fsp3) is 0.500. The molecular formula is C20H27N3O3. The van der Waals surface area contributed by atoms with Gasteiger partial charge in [-0.05, 0) is 24.5 Å². The zero-order valence-corrected chi connectivity index (χ0v) is 15.5. The Bertz CT molecular complexity index is 771. The summed E-state index contributed by atoms with van der Waals surface area (Å²) in [5.41, 5.74) is 2.37. The summed E-state index contributed by atoms with van der Waals surface area (Å²) in [4.78, 5) is 29.7. The normalized spacial score (nSPS) is 19.8. The number of amides is 2. The molecule has 26 heavy (non-hydrogen) atoms. The molecule has 0 radical (unpaired) electrons. The maximum Gasteiger partial charge on any atom is 0.225 e. The molecule has 0 spiro atoms. The van der Waals surface area contributed by atoms with Crippen LogP contribution in [-0.2, 0) is 20.7 Å². The van der Waals surface area contributed by atoms with E-state index in [2.05, 4.69) is 22.4 Å². The quantitative estimate of drug-likeness (QED) is 0.795. The van der Waals surface area contributed by atoms with Gasteiger partial charge in [0.15, 0.2) is 0 Å². The first kappa shape index (κ1) is 18.5. The summed E-state index contributed by atoms with van der Waals surface area (Å²) in [6, 6.07) is 8.21. The van der Waals surface area contributed by atoms with Crippen LogP contribution in [0.25, 0.3) is 10.9 Å². The SMILES string of the molecule is CNC(=O)[C@@H]1CN(C(=O)CCCc2c[nH]c3ccccc23)C[C@H]1COC. The van der Waals surface area contributed by atoms with E-state index in [1.54, 1.807) is 14.2 Å². The van der Waals surface area contributed by atoms with Crippen molar-refractivity contribution in [3.63, 3.8) is 0 Å². The molecule has 1 fully saturated rings. The number of aryl methyl sites for hydroxylation is 1. The van der Waals surface area contributed by atoms with Gasteiger partial charge < -0.3 is 19.9 Å². The van der Waals surface area contributed by atoms with Crippen LogP contribution in [0.1, 0.15) is 18.4 Å². The number of likely N-dealkylation sites (tertiary alicyclic amines) is 1. The van der Waals surface area contributed by atoms with Crippen molar-refractivity contribution in [3.8, 4) is 0 Å². The molecule has 1 aliphatic heterocycles. The first-order valence-corrected chi connectivity index (χ1v) is 9.17. The second-order valence-electron chi connectivity index (χ2n) is 6.95. The smallest absolute Gasteiger partial charge is 0.225 e. The van der Waals surface area contributed by atoms with Gasteiger partial charge in [0.25, 0.3) is 0 Å². The number of aromatic nitrogens is 1. The summed E-state index contributed by atoms with van der Waals surface area (Å²) in [7, 11) is 3.27. The van der Waals surface area contributed by atoms with E-state index in [-0.39, 0.29) is 23.7 Å². The van der Waals surface area contributed by atoms with E-state index >= 15 is 0 Å². The average Bonchev–Trinajstić information content (AvgIpc) is 3.26. The van der Waals surface area contributed by atoms with Crippen LogP contribution in [0.4, 0.5) is 0 Å². The van der Waals surface area contributed by atoms with Crippen molar-refractivity contribution in [1.29, 1.82) is 0 Å². The molecule has 0 aliphatic carbocycles. The Balaban J connectivity index is 1.54. The number of carbonyl (C=O) groups is 2. The highest BCUT2D eigenvalue weighted by molar-refractivity contribution is 5.84. The van der Waals surface area contributed by atoms with Crippen LogP contribution < -0.4 is 5.32 Å². The summed E-state index contributed by atoms with van der Waals surface area (Å²) < 4.78 is 5.23. The Kier molecular flexibility index (Phi) is 5.93. The van der Waals surface area contributed by atoms with Crippen molar-refractivity contribution in [1.82, 2.24) is 15.2 Å². The molecule has 1 aliphatic rings. The predicted molar refractivity (Wildman–Crippen MR) is 101 cm³/mol. The van der Waals surface area contributed by atoms with Gasteiger partial charge in [0.05, 0.1) is 12.5 Å². The fourth-order valence-electron chi connectivity index (χ4n) is 3.87. The molecule has 1 aromatic heterocycles. The van der Waals surface area contributed by atoms with Crippen molar-refractivity contribution < 1.29 is 14.3 Å². The molecule has 1 saturated heterocycles. The van der Waals surface area contributed by atoms with Gasteiger partial charge in [-0.1, -0.05) is 18.2 Å². The lowest BCUT2D eigenvalue weighted by Gasteiger charge is -2.16. The molecule has 2 amide bonds. The van der Waals surface area contributed by atoms with Crippen molar-refractivity contribution in [2.24, 2.45) is 11.8 Å². The Morgan fingerprint density at radius 2 is 2.12 bits per heavy atom. The van der Waals surface area contributed by atoms with Gasteiger partial charge in [-0.3, -0.25) is 9.59 Å². The number of carbonyl (C=O) groups excluding carboxylic acids is 2. The average molecular weight is 357 g/mol. The van der Waals surface area contributed by atoms with Gasteiger partial charge >= 0.3 is 0 Å². The number of para-hydroxylation sites is 1. The lowest BCUT2D eigenvalue weighted by Crippen LogP contribution is -2.34. The fourth-order valence-corrected chi connectivity index (χ4v) is 3.87. The van der Waals surface area contributed by atoms with E-state index in [1.165, 1.54) is 10.9 Å². The highest BCUT2D eigenvalue weighted by Gasteiger charge is 2.38. The van der Waals surface area contributed by atoms with E-state index in [0.717, 1.165) is 18.4 Å². The maximum absolute atomic E-state index is 12.6. The second-order valence-corrected chi connectivity index (χ2v) is 6.95. The Morgan fingerprint density at radius 1 is 1.31 bits per heavy atom. The molecule has 0 bridgehead atoms. The highest BCUT2D eigenvalue weighted by atomic mass is 16.5. The van der Waals surface area contributed by atoms with Gasteiger partial charge in [0.1, 0.15) is 0 Å². The molecule has 2 heterocycles. The molecule has 6 nitrogen and oxygen atoms in total. The molecule has 140 valence electrons. The third-order valence-electron chi connectivity index (χ3n) is 5.27. The summed E-state index contributed by atoms with van der Waals surface area (Å²) >= 11 is 0. The number of benzene rings is 1. The number of nitrogens with zero attached hydrogens (tertiary/aromatic N) is 1. The first-order valence-electron chi connectivity index (χ1n) is 9.17. The van der Waals surface area contributed by atoms with E-state index in [1.807, 2.05) is 23.2 Å². The number of aromatic amines is 1. The Morgan fingerprint density at radius 3 is 2.88 bits per heavy atom. The van der Waals surface area contributed by atoms with Crippen molar-refractivity contribution in [2.75, 3.05) is 33.9 Å². The van der Waals surface area contributed by atoms with Gasteiger partial charge in [0, 0.05) is 56.7 Å². The number of methoxy groups -OCH3 is 1. The number of rotatable bonds is 7. The first-order chi connectivity index (χ1) is 12.6. The van der Waals surface area contributed by atoms with Gasteiger partial charge in [-0.15, -0.1) is 0 Å². The number of nitrogens with one attached hydrogen (secondary N) is 2. The number of hydrogen-bond donors (Lipinski definition) is 2. The van der Waals surface area contributed by atoms with Crippen molar-refractivity contribution in [2.45, 2.75) is 19.3 Å².